The first-order valence-electron chi connectivity index (χ1n) is 8.09. The van der Waals surface area contributed by atoms with E-state index in [4.69, 9.17) is 9.84 Å². The molecule has 0 unspecified atom stereocenters. The first-order valence-corrected chi connectivity index (χ1v) is 8.09. The fourth-order valence-corrected chi connectivity index (χ4v) is 2.60. The second-order valence-electron chi connectivity index (χ2n) is 5.72. The summed E-state index contributed by atoms with van der Waals surface area (Å²) in [7, 11) is 0. The monoisotopic (exact) mass is 345 g/mol. The maximum Gasteiger partial charge on any atom is 0.334 e. The van der Waals surface area contributed by atoms with Crippen molar-refractivity contribution in [3.8, 4) is 11.4 Å². The molecule has 132 valence electrons. The Balaban J connectivity index is 1.47. The summed E-state index contributed by atoms with van der Waals surface area (Å²) in [5.41, 5.74) is 0.887. The molecule has 1 amide bonds. The number of benzene rings is 1. The lowest BCUT2D eigenvalue weighted by molar-refractivity contribution is -0.159. The van der Waals surface area contributed by atoms with E-state index in [0.717, 1.165) is 5.56 Å². The van der Waals surface area contributed by atoms with E-state index in [9.17, 15) is 9.59 Å². The van der Waals surface area contributed by atoms with Crippen LogP contribution in [0.3, 0.4) is 0 Å². The Hall–Kier alpha value is -2.81. The number of ether oxygens (including phenoxy) is 1. The third-order valence-corrected chi connectivity index (χ3v) is 3.93. The molecule has 1 aliphatic rings. The van der Waals surface area contributed by atoms with E-state index in [0.29, 0.717) is 31.8 Å². The molecule has 1 saturated heterocycles. The third-order valence-electron chi connectivity index (χ3n) is 3.93. The van der Waals surface area contributed by atoms with Gasteiger partial charge in [-0.25, -0.2) is 4.79 Å². The van der Waals surface area contributed by atoms with Gasteiger partial charge in [-0.15, -0.1) is 10.2 Å². The summed E-state index contributed by atoms with van der Waals surface area (Å²) < 4.78 is 5.11. The summed E-state index contributed by atoms with van der Waals surface area (Å²) in [4.78, 5) is 26.1. The van der Waals surface area contributed by atoms with Gasteiger partial charge in [-0.05, 0) is 11.6 Å². The van der Waals surface area contributed by atoms with Gasteiger partial charge in [0.1, 0.15) is 0 Å². The summed E-state index contributed by atoms with van der Waals surface area (Å²) in [5, 5.41) is 21.3. The Labute approximate surface area is 144 Å². The van der Waals surface area contributed by atoms with Gasteiger partial charge in [0.15, 0.2) is 6.10 Å². The normalized spacial score (nSPS) is 17.4. The molecule has 25 heavy (non-hydrogen) atoms. The average molecular weight is 345 g/mol. The summed E-state index contributed by atoms with van der Waals surface area (Å²) in [5.74, 6) is -0.583. The molecule has 1 aromatic carbocycles. The Morgan fingerprint density at radius 3 is 2.84 bits per heavy atom. The van der Waals surface area contributed by atoms with Gasteiger partial charge in [0.05, 0.1) is 19.7 Å². The molecule has 0 spiro atoms. The number of amides is 1. The Morgan fingerprint density at radius 2 is 2.08 bits per heavy atom. The van der Waals surface area contributed by atoms with E-state index in [1.165, 1.54) is 9.70 Å². The van der Waals surface area contributed by atoms with Crippen LogP contribution in [0.2, 0.25) is 0 Å². The van der Waals surface area contributed by atoms with Crippen LogP contribution >= 0.6 is 0 Å². The minimum atomic E-state index is -1.04. The van der Waals surface area contributed by atoms with Gasteiger partial charge in [0.2, 0.25) is 11.7 Å². The number of rotatable bonds is 6. The van der Waals surface area contributed by atoms with Gasteiger partial charge in [-0.2, -0.15) is 4.80 Å². The SMILES string of the molecule is O=C(O)[C@H]1CN(C(=O)CCCn2nnc(-c3ccccc3)n2)CCO1. The number of hydrogen-bond acceptors (Lipinski definition) is 6. The van der Waals surface area contributed by atoms with Gasteiger partial charge in [0, 0.05) is 18.5 Å². The molecule has 1 aromatic heterocycles. The maximum atomic E-state index is 12.2. The van der Waals surface area contributed by atoms with Crippen LogP contribution < -0.4 is 0 Å². The molecule has 3 rings (SSSR count). The Kier molecular flexibility index (Phi) is 5.34. The minimum Gasteiger partial charge on any atom is -0.479 e. The molecule has 9 nitrogen and oxygen atoms in total. The third kappa shape index (κ3) is 4.38. The fourth-order valence-electron chi connectivity index (χ4n) is 2.60. The second-order valence-corrected chi connectivity index (χ2v) is 5.72. The van der Waals surface area contributed by atoms with Gasteiger partial charge < -0.3 is 14.7 Å². The van der Waals surface area contributed by atoms with Gasteiger partial charge in [-0.1, -0.05) is 30.3 Å². The molecule has 0 saturated carbocycles. The molecule has 1 atom stereocenters. The van der Waals surface area contributed by atoms with Crippen LogP contribution in [0.4, 0.5) is 0 Å². The molecule has 0 radical (unpaired) electrons. The van der Waals surface area contributed by atoms with Crippen LogP contribution in [-0.2, 0) is 20.9 Å². The van der Waals surface area contributed by atoms with Crippen molar-refractivity contribution in [2.75, 3.05) is 19.7 Å². The number of tetrazole rings is 1. The molecular weight excluding hydrogens is 326 g/mol. The fraction of sp³-hybridized carbons (Fsp3) is 0.438. The Morgan fingerprint density at radius 1 is 1.28 bits per heavy atom. The molecule has 1 N–H and O–H groups in total. The molecule has 1 aliphatic heterocycles. The maximum absolute atomic E-state index is 12.2. The van der Waals surface area contributed by atoms with E-state index in [2.05, 4.69) is 15.4 Å². The molecule has 9 heteroatoms. The summed E-state index contributed by atoms with van der Waals surface area (Å²) in [6.45, 7) is 1.22. The van der Waals surface area contributed by atoms with Crippen molar-refractivity contribution in [2.45, 2.75) is 25.5 Å². The lowest BCUT2D eigenvalue weighted by Crippen LogP contribution is -2.48. The number of aromatic nitrogens is 4. The number of aliphatic carboxylic acids is 1. The van der Waals surface area contributed by atoms with Crippen molar-refractivity contribution in [3.63, 3.8) is 0 Å². The smallest absolute Gasteiger partial charge is 0.334 e. The number of hydrogen-bond donors (Lipinski definition) is 1. The zero-order valence-corrected chi connectivity index (χ0v) is 13.6. The predicted molar refractivity (Wildman–Crippen MR) is 86.4 cm³/mol. The lowest BCUT2D eigenvalue weighted by Gasteiger charge is -2.30. The molecule has 0 bridgehead atoms. The lowest BCUT2D eigenvalue weighted by atomic mass is 10.2. The molecule has 2 heterocycles. The van der Waals surface area contributed by atoms with Crippen LogP contribution in [0, 0.1) is 0 Å². The van der Waals surface area contributed by atoms with Crippen LogP contribution in [0.15, 0.2) is 30.3 Å². The van der Waals surface area contributed by atoms with E-state index in [1.807, 2.05) is 30.3 Å². The van der Waals surface area contributed by atoms with E-state index < -0.39 is 12.1 Å². The van der Waals surface area contributed by atoms with Crippen LogP contribution in [0.5, 0.6) is 0 Å². The van der Waals surface area contributed by atoms with E-state index in [-0.39, 0.29) is 19.1 Å². The van der Waals surface area contributed by atoms with Crippen molar-refractivity contribution < 1.29 is 19.4 Å². The Bertz CT molecular complexity index is 733. The second kappa shape index (κ2) is 7.84. The zero-order chi connectivity index (χ0) is 17.6. The highest BCUT2D eigenvalue weighted by Gasteiger charge is 2.28. The largest absolute Gasteiger partial charge is 0.479 e. The molecular formula is C16H19N5O4. The van der Waals surface area contributed by atoms with Gasteiger partial charge >= 0.3 is 5.97 Å². The number of carbonyl (C=O) groups excluding carboxylic acids is 1. The number of carboxylic acids is 1. The number of nitrogens with zero attached hydrogens (tertiary/aromatic N) is 5. The first-order chi connectivity index (χ1) is 12.1. The average Bonchev–Trinajstić information content (AvgIpc) is 3.11. The number of morpholine rings is 1. The summed E-state index contributed by atoms with van der Waals surface area (Å²) >= 11 is 0. The standard InChI is InChI=1S/C16H19N5O4/c22-14(20-9-10-25-13(11-20)16(23)24)7-4-8-21-18-15(17-19-21)12-5-2-1-3-6-12/h1-3,5-6,13H,4,7-11H2,(H,23,24)/t13-/m1/s1. The molecule has 2 aromatic rings. The molecule has 0 aliphatic carbocycles. The van der Waals surface area contributed by atoms with Crippen molar-refractivity contribution in [2.24, 2.45) is 0 Å². The van der Waals surface area contributed by atoms with Crippen molar-refractivity contribution in [3.05, 3.63) is 30.3 Å². The molecule has 1 fully saturated rings. The van der Waals surface area contributed by atoms with Gasteiger partial charge in [0.25, 0.3) is 0 Å². The number of carboxylic acid groups (broad SMARTS) is 1. The topological polar surface area (TPSA) is 110 Å². The summed E-state index contributed by atoms with van der Waals surface area (Å²) in [6, 6.07) is 9.53. The van der Waals surface area contributed by atoms with Crippen LogP contribution in [0.1, 0.15) is 12.8 Å². The minimum absolute atomic E-state index is 0.0852. The zero-order valence-electron chi connectivity index (χ0n) is 13.6. The first kappa shape index (κ1) is 17.0. The highest BCUT2D eigenvalue weighted by molar-refractivity contribution is 5.78. The van der Waals surface area contributed by atoms with E-state index >= 15 is 0 Å². The quantitative estimate of drug-likeness (QED) is 0.808. The van der Waals surface area contributed by atoms with Crippen LogP contribution in [-0.4, -0.2) is 67.9 Å². The number of aryl methyl sites for hydroxylation is 1. The van der Waals surface area contributed by atoms with Crippen molar-refractivity contribution in [1.82, 2.24) is 25.1 Å². The van der Waals surface area contributed by atoms with Crippen molar-refractivity contribution in [1.29, 1.82) is 0 Å². The van der Waals surface area contributed by atoms with Gasteiger partial charge in [-0.3, -0.25) is 4.79 Å². The highest BCUT2D eigenvalue weighted by Crippen LogP contribution is 2.12. The summed E-state index contributed by atoms with van der Waals surface area (Å²) in [6.07, 6.45) is -0.0873. The van der Waals surface area contributed by atoms with E-state index in [1.54, 1.807) is 0 Å². The highest BCUT2D eigenvalue weighted by atomic mass is 16.5. The number of carbonyl (C=O) groups is 2. The van der Waals surface area contributed by atoms with Crippen LogP contribution in [0.25, 0.3) is 11.4 Å². The van der Waals surface area contributed by atoms with Crippen molar-refractivity contribution >= 4 is 11.9 Å². The predicted octanol–water partition coefficient (Wildman–Crippen LogP) is 0.432.